The summed E-state index contributed by atoms with van der Waals surface area (Å²) in [4.78, 5) is 12.5. The van der Waals surface area contributed by atoms with Crippen molar-refractivity contribution in [2.45, 2.75) is 18.4 Å². The summed E-state index contributed by atoms with van der Waals surface area (Å²) in [7, 11) is -4.00. The first kappa shape index (κ1) is 23.0. The first-order valence-corrected chi connectivity index (χ1v) is 11.3. The fraction of sp³-hybridized carbons (Fsp3) is 0.143. The molecule has 1 heterocycles. The zero-order chi connectivity index (χ0) is 22.4. The van der Waals surface area contributed by atoms with Crippen LogP contribution in [0, 0.1) is 6.92 Å². The molecule has 0 saturated heterocycles. The van der Waals surface area contributed by atoms with E-state index in [4.69, 9.17) is 27.6 Å². The lowest BCUT2D eigenvalue weighted by molar-refractivity contribution is -0.121. The monoisotopic (exact) mass is 479 g/mol. The Labute approximate surface area is 190 Å². The summed E-state index contributed by atoms with van der Waals surface area (Å²) in [5, 5.41) is 4.51. The Bertz CT molecular complexity index is 1180. The van der Waals surface area contributed by atoms with Crippen molar-refractivity contribution in [2.24, 2.45) is 5.10 Å². The van der Waals surface area contributed by atoms with Crippen molar-refractivity contribution in [2.75, 3.05) is 6.54 Å². The molecule has 2 aromatic carbocycles. The quantitative estimate of drug-likeness (QED) is 0.386. The van der Waals surface area contributed by atoms with Gasteiger partial charge in [0.15, 0.2) is 0 Å². The number of hydrazone groups is 1. The molecule has 1 N–H and O–H groups in total. The molecule has 0 radical (unpaired) electrons. The number of sulfonamides is 1. The van der Waals surface area contributed by atoms with Gasteiger partial charge in [-0.25, -0.2) is 13.8 Å². The van der Waals surface area contributed by atoms with E-state index in [1.165, 1.54) is 30.7 Å². The van der Waals surface area contributed by atoms with E-state index in [2.05, 4.69) is 10.5 Å². The van der Waals surface area contributed by atoms with Gasteiger partial charge in [0, 0.05) is 16.6 Å². The Balaban J connectivity index is 1.84. The van der Waals surface area contributed by atoms with Crippen LogP contribution >= 0.6 is 23.2 Å². The van der Waals surface area contributed by atoms with Gasteiger partial charge in [0.2, 0.25) is 10.0 Å². The van der Waals surface area contributed by atoms with Crippen molar-refractivity contribution in [3.8, 4) is 0 Å². The van der Waals surface area contributed by atoms with Crippen LogP contribution < -0.4 is 5.43 Å². The molecule has 0 aliphatic rings. The molecular formula is C21H19Cl2N3O4S. The van der Waals surface area contributed by atoms with Crippen molar-refractivity contribution in [3.63, 3.8) is 0 Å². The Morgan fingerprint density at radius 3 is 2.55 bits per heavy atom. The van der Waals surface area contributed by atoms with Gasteiger partial charge < -0.3 is 4.42 Å². The minimum Gasteiger partial charge on any atom is -0.463 e. The lowest BCUT2D eigenvalue weighted by atomic mass is 10.2. The Morgan fingerprint density at radius 2 is 1.90 bits per heavy atom. The summed E-state index contributed by atoms with van der Waals surface area (Å²) < 4.78 is 32.6. The Morgan fingerprint density at radius 1 is 1.16 bits per heavy atom. The number of carbonyl (C=O) groups excluding carboxylic acids is 1. The van der Waals surface area contributed by atoms with Crippen LogP contribution in [-0.4, -0.2) is 31.4 Å². The number of rotatable bonds is 8. The van der Waals surface area contributed by atoms with Crippen molar-refractivity contribution in [1.82, 2.24) is 9.73 Å². The van der Waals surface area contributed by atoms with E-state index in [9.17, 15) is 13.2 Å². The largest absolute Gasteiger partial charge is 0.463 e. The number of hydrogen-bond acceptors (Lipinski definition) is 5. The van der Waals surface area contributed by atoms with E-state index < -0.39 is 22.5 Å². The molecule has 0 spiro atoms. The molecule has 1 aromatic heterocycles. The van der Waals surface area contributed by atoms with E-state index in [0.29, 0.717) is 21.4 Å². The number of furan rings is 1. The first-order chi connectivity index (χ1) is 14.8. The van der Waals surface area contributed by atoms with Crippen LogP contribution in [-0.2, 0) is 21.4 Å². The average molecular weight is 480 g/mol. The highest BCUT2D eigenvalue weighted by molar-refractivity contribution is 7.89. The first-order valence-electron chi connectivity index (χ1n) is 9.12. The molecule has 0 aliphatic heterocycles. The predicted octanol–water partition coefficient (Wildman–Crippen LogP) is 4.24. The van der Waals surface area contributed by atoms with E-state index in [-0.39, 0.29) is 11.4 Å². The van der Waals surface area contributed by atoms with Crippen molar-refractivity contribution < 1.29 is 17.6 Å². The van der Waals surface area contributed by atoms with Gasteiger partial charge in [-0.15, -0.1) is 0 Å². The summed E-state index contributed by atoms with van der Waals surface area (Å²) >= 11 is 12.2. The molecule has 1 amide bonds. The lowest BCUT2D eigenvalue weighted by Gasteiger charge is -2.22. The third-order valence-corrected chi connectivity index (χ3v) is 6.66. The van der Waals surface area contributed by atoms with Crippen LogP contribution in [0.1, 0.15) is 16.9 Å². The standard InChI is InChI=1S/C21H19Cl2N3O4S/c1-15-4-8-19(9-5-15)31(28,29)26(13-16-6-7-17(22)11-20(16)23)14-21(27)25-24-12-18-3-2-10-30-18/h2-12H,13-14H2,1H3,(H,25,27)/b24-12-. The smallest absolute Gasteiger partial charge is 0.255 e. The highest BCUT2D eigenvalue weighted by atomic mass is 35.5. The molecule has 0 atom stereocenters. The van der Waals surface area contributed by atoms with Gasteiger partial charge in [-0.1, -0.05) is 47.0 Å². The molecule has 0 fully saturated rings. The molecular weight excluding hydrogens is 461 g/mol. The lowest BCUT2D eigenvalue weighted by Crippen LogP contribution is -2.39. The number of benzene rings is 2. The maximum atomic E-state index is 13.2. The topological polar surface area (TPSA) is 92.0 Å². The number of aryl methyl sites for hydroxylation is 1. The van der Waals surface area contributed by atoms with Crippen molar-refractivity contribution in [3.05, 3.63) is 87.8 Å². The van der Waals surface area contributed by atoms with Gasteiger partial charge >= 0.3 is 0 Å². The van der Waals surface area contributed by atoms with Gasteiger partial charge in [0.25, 0.3) is 5.91 Å². The normalized spacial score (nSPS) is 11.9. The van der Waals surface area contributed by atoms with Crippen LogP contribution in [0.2, 0.25) is 10.0 Å². The summed E-state index contributed by atoms with van der Waals surface area (Å²) in [6, 6.07) is 14.4. The second-order valence-corrected chi connectivity index (χ2v) is 9.41. The van der Waals surface area contributed by atoms with Crippen molar-refractivity contribution >= 4 is 45.3 Å². The number of halogens is 2. The van der Waals surface area contributed by atoms with E-state index in [1.807, 2.05) is 6.92 Å². The zero-order valence-corrected chi connectivity index (χ0v) is 18.8. The van der Waals surface area contributed by atoms with E-state index >= 15 is 0 Å². The molecule has 0 unspecified atom stereocenters. The predicted molar refractivity (Wildman–Crippen MR) is 120 cm³/mol. The molecule has 3 aromatic rings. The summed E-state index contributed by atoms with van der Waals surface area (Å²) in [5.41, 5.74) is 3.73. The minimum absolute atomic E-state index is 0.0649. The third kappa shape index (κ3) is 6.18. The molecule has 7 nitrogen and oxygen atoms in total. The van der Waals surface area contributed by atoms with Crippen molar-refractivity contribution in [1.29, 1.82) is 0 Å². The maximum Gasteiger partial charge on any atom is 0.255 e. The number of amides is 1. The zero-order valence-electron chi connectivity index (χ0n) is 16.5. The number of nitrogens with zero attached hydrogens (tertiary/aromatic N) is 2. The van der Waals surface area contributed by atoms with Crippen LogP contribution in [0.25, 0.3) is 0 Å². The minimum atomic E-state index is -4.00. The van der Waals surface area contributed by atoms with Gasteiger partial charge in [-0.05, 0) is 48.9 Å². The van der Waals surface area contributed by atoms with Gasteiger partial charge in [0.1, 0.15) is 5.76 Å². The van der Waals surface area contributed by atoms with Crippen LogP contribution in [0.5, 0.6) is 0 Å². The highest BCUT2D eigenvalue weighted by Crippen LogP contribution is 2.25. The molecule has 0 saturated carbocycles. The average Bonchev–Trinajstić information content (AvgIpc) is 3.23. The second-order valence-electron chi connectivity index (χ2n) is 6.63. The molecule has 10 heteroatoms. The summed E-state index contributed by atoms with van der Waals surface area (Å²) in [6.07, 6.45) is 2.78. The van der Waals surface area contributed by atoms with E-state index in [1.54, 1.807) is 36.4 Å². The fourth-order valence-electron chi connectivity index (χ4n) is 2.65. The fourth-order valence-corrected chi connectivity index (χ4v) is 4.50. The summed E-state index contributed by atoms with van der Waals surface area (Å²) in [6.45, 7) is 1.26. The van der Waals surface area contributed by atoms with Gasteiger partial charge in [0.05, 0.1) is 23.9 Å². The van der Waals surface area contributed by atoms with Crippen LogP contribution in [0.3, 0.4) is 0 Å². The van der Waals surface area contributed by atoms with Gasteiger partial charge in [-0.2, -0.15) is 9.41 Å². The van der Waals surface area contributed by atoms with Gasteiger partial charge in [-0.3, -0.25) is 4.79 Å². The number of nitrogens with one attached hydrogen (secondary N) is 1. The molecule has 31 heavy (non-hydrogen) atoms. The molecule has 0 bridgehead atoms. The maximum absolute atomic E-state index is 13.2. The second kappa shape index (κ2) is 10.1. The highest BCUT2D eigenvalue weighted by Gasteiger charge is 2.27. The third-order valence-electron chi connectivity index (χ3n) is 4.26. The molecule has 0 aliphatic carbocycles. The van der Waals surface area contributed by atoms with E-state index in [0.717, 1.165) is 9.87 Å². The Hall–Kier alpha value is -2.65. The van der Waals surface area contributed by atoms with Crippen LogP contribution in [0.4, 0.5) is 0 Å². The summed E-state index contributed by atoms with van der Waals surface area (Å²) in [5.74, 6) is -0.180. The Kier molecular flexibility index (Phi) is 7.50. The number of carbonyl (C=O) groups is 1. The number of hydrogen-bond donors (Lipinski definition) is 1. The van der Waals surface area contributed by atoms with Crippen LogP contribution in [0.15, 0.2) is 75.3 Å². The molecule has 3 rings (SSSR count). The molecule has 162 valence electrons. The SMILES string of the molecule is Cc1ccc(S(=O)(=O)N(CC(=O)N/N=C\c2ccco2)Cc2ccc(Cl)cc2Cl)cc1.